The lowest BCUT2D eigenvalue weighted by atomic mass is 9.96. The van der Waals surface area contributed by atoms with E-state index in [2.05, 4.69) is 10.3 Å². The summed E-state index contributed by atoms with van der Waals surface area (Å²) in [4.78, 5) is 14.1. The zero-order chi connectivity index (χ0) is 11.7. The Balaban J connectivity index is 1.46. The summed E-state index contributed by atoms with van der Waals surface area (Å²) in [6, 6.07) is 0. The summed E-state index contributed by atoms with van der Waals surface area (Å²) in [5, 5.41) is 7.73. The zero-order valence-electron chi connectivity index (χ0n) is 9.96. The van der Waals surface area contributed by atoms with E-state index in [0.29, 0.717) is 17.7 Å². The summed E-state index contributed by atoms with van der Waals surface area (Å²) in [5.41, 5.74) is 0. The van der Waals surface area contributed by atoms with Crippen LogP contribution in [0.3, 0.4) is 0 Å². The average Bonchev–Trinajstić information content (AvgIpc) is 2.94. The fraction of sp³-hybridized carbons (Fsp3) is 0.750. The third-order valence-corrected chi connectivity index (χ3v) is 3.89. The number of aromatic nitrogens is 3. The van der Waals surface area contributed by atoms with E-state index in [9.17, 15) is 4.79 Å². The number of carbonyl (C=O) groups excluding carboxylic acids is 1. The molecule has 1 saturated carbocycles. The SMILES string of the molecule is O=C(C1CCCC1)N1CC(Cn2ccnn2)C1. The summed E-state index contributed by atoms with van der Waals surface area (Å²) in [6.07, 6.45) is 8.23. The molecule has 2 fully saturated rings. The average molecular weight is 234 g/mol. The minimum Gasteiger partial charge on any atom is -0.342 e. The van der Waals surface area contributed by atoms with Crippen molar-refractivity contribution in [2.24, 2.45) is 11.8 Å². The molecule has 17 heavy (non-hydrogen) atoms. The van der Waals surface area contributed by atoms with Crippen LogP contribution in [0.2, 0.25) is 0 Å². The first-order valence-corrected chi connectivity index (χ1v) is 6.46. The summed E-state index contributed by atoms with van der Waals surface area (Å²) in [7, 11) is 0. The van der Waals surface area contributed by atoms with Gasteiger partial charge in [0, 0.05) is 37.7 Å². The van der Waals surface area contributed by atoms with E-state index < -0.39 is 0 Å². The van der Waals surface area contributed by atoms with Gasteiger partial charge in [-0.2, -0.15) is 0 Å². The van der Waals surface area contributed by atoms with Crippen molar-refractivity contribution < 1.29 is 4.79 Å². The fourth-order valence-corrected chi connectivity index (χ4v) is 2.89. The topological polar surface area (TPSA) is 51.0 Å². The molecule has 0 spiro atoms. The van der Waals surface area contributed by atoms with Gasteiger partial charge in [-0.1, -0.05) is 18.1 Å². The molecule has 0 bridgehead atoms. The van der Waals surface area contributed by atoms with Gasteiger partial charge in [0.05, 0.1) is 6.20 Å². The Hall–Kier alpha value is -1.39. The molecule has 1 aliphatic carbocycles. The van der Waals surface area contributed by atoms with Gasteiger partial charge < -0.3 is 4.90 Å². The minimum absolute atomic E-state index is 0.322. The third kappa shape index (κ3) is 2.18. The molecule has 1 aliphatic heterocycles. The Morgan fingerprint density at radius 1 is 1.29 bits per heavy atom. The van der Waals surface area contributed by atoms with E-state index in [1.807, 2.05) is 15.8 Å². The van der Waals surface area contributed by atoms with Crippen molar-refractivity contribution in [2.45, 2.75) is 32.2 Å². The van der Waals surface area contributed by atoms with Crippen LogP contribution < -0.4 is 0 Å². The Morgan fingerprint density at radius 3 is 2.71 bits per heavy atom. The molecule has 92 valence electrons. The van der Waals surface area contributed by atoms with Crippen molar-refractivity contribution in [1.29, 1.82) is 0 Å². The van der Waals surface area contributed by atoms with Gasteiger partial charge in [0.25, 0.3) is 0 Å². The van der Waals surface area contributed by atoms with Gasteiger partial charge in [0.1, 0.15) is 0 Å². The molecule has 0 atom stereocenters. The Morgan fingerprint density at radius 2 is 2.06 bits per heavy atom. The molecule has 1 amide bonds. The first-order valence-electron chi connectivity index (χ1n) is 6.46. The monoisotopic (exact) mass is 234 g/mol. The maximum absolute atomic E-state index is 12.1. The zero-order valence-corrected chi connectivity index (χ0v) is 9.96. The second-order valence-corrected chi connectivity index (χ2v) is 5.22. The molecule has 1 saturated heterocycles. The third-order valence-electron chi connectivity index (χ3n) is 3.89. The molecule has 2 heterocycles. The number of likely N-dealkylation sites (tertiary alicyclic amines) is 1. The van der Waals surface area contributed by atoms with Gasteiger partial charge in [0.15, 0.2) is 0 Å². The van der Waals surface area contributed by atoms with Crippen molar-refractivity contribution in [3.8, 4) is 0 Å². The molecule has 1 aromatic rings. The normalized spacial score (nSPS) is 21.8. The second kappa shape index (κ2) is 4.47. The molecule has 0 radical (unpaired) electrons. The van der Waals surface area contributed by atoms with Crippen LogP contribution in [0.15, 0.2) is 12.4 Å². The Labute approximate surface area is 101 Å². The van der Waals surface area contributed by atoms with E-state index in [-0.39, 0.29) is 0 Å². The van der Waals surface area contributed by atoms with Crippen molar-refractivity contribution >= 4 is 5.91 Å². The van der Waals surface area contributed by atoms with Crippen molar-refractivity contribution in [1.82, 2.24) is 19.9 Å². The predicted octanol–water partition coefficient (Wildman–Crippen LogP) is 0.927. The van der Waals surface area contributed by atoms with Crippen LogP contribution in [-0.4, -0.2) is 38.9 Å². The number of rotatable bonds is 3. The van der Waals surface area contributed by atoms with Crippen LogP contribution in [0.4, 0.5) is 0 Å². The van der Waals surface area contributed by atoms with Gasteiger partial charge in [-0.15, -0.1) is 5.10 Å². The molecule has 1 aromatic heterocycles. The Kier molecular flexibility index (Phi) is 2.82. The maximum atomic E-state index is 12.1. The molecular formula is C12H18N4O. The fourth-order valence-electron chi connectivity index (χ4n) is 2.89. The largest absolute Gasteiger partial charge is 0.342 e. The van der Waals surface area contributed by atoms with E-state index in [0.717, 1.165) is 32.5 Å². The quantitative estimate of drug-likeness (QED) is 0.781. The summed E-state index contributed by atoms with van der Waals surface area (Å²) >= 11 is 0. The minimum atomic E-state index is 0.322. The van der Waals surface area contributed by atoms with Crippen LogP contribution in [0.25, 0.3) is 0 Å². The van der Waals surface area contributed by atoms with Crippen molar-refractivity contribution in [3.63, 3.8) is 0 Å². The molecular weight excluding hydrogens is 216 g/mol. The highest BCUT2D eigenvalue weighted by Crippen LogP contribution is 2.29. The second-order valence-electron chi connectivity index (χ2n) is 5.22. The molecule has 0 N–H and O–H groups in total. The molecule has 2 aliphatic rings. The van der Waals surface area contributed by atoms with E-state index in [4.69, 9.17) is 0 Å². The number of nitrogens with zero attached hydrogens (tertiary/aromatic N) is 4. The van der Waals surface area contributed by atoms with Gasteiger partial charge in [-0.3, -0.25) is 9.48 Å². The van der Waals surface area contributed by atoms with Crippen LogP contribution in [0.5, 0.6) is 0 Å². The lowest BCUT2D eigenvalue weighted by molar-refractivity contribution is -0.142. The van der Waals surface area contributed by atoms with Gasteiger partial charge in [-0.05, 0) is 12.8 Å². The van der Waals surface area contributed by atoms with Crippen molar-refractivity contribution in [3.05, 3.63) is 12.4 Å². The number of amides is 1. The highest BCUT2D eigenvalue weighted by atomic mass is 16.2. The first-order chi connectivity index (χ1) is 8.33. The first kappa shape index (κ1) is 10.7. The maximum Gasteiger partial charge on any atom is 0.225 e. The van der Waals surface area contributed by atoms with Crippen LogP contribution >= 0.6 is 0 Å². The smallest absolute Gasteiger partial charge is 0.225 e. The number of carbonyl (C=O) groups is 1. The highest BCUT2D eigenvalue weighted by Gasteiger charge is 2.35. The van der Waals surface area contributed by atoms with E-state index in [1.165, 1.54) is 12.8 Å². The van der Waals surface area contributed by atoms with Gasteiger partial charge >= 0.3 is 0 Å². The number of hydrogen-bond acceptors (Lipinski definition) is 3. The Bertz CT molecular complexity index is 377. The molecule has 5 heteroatoms. The van der Waals surface area contributed by atoms with Crippen LogP contribution in [-0.2, 0) is 11.3 Å². The highest BCUT2D eigenvalue weighted by molar-refractivity contribution is 5.79. The standard InChI is InChI=1S/C12H18N4O/c17-12(11-3-1-2-4-11)15-7-10(8-15)9-16-6-5-13-14-16/h5-6,10-11H,1-4,7-9H2. The predicted molar refractivity (Wildman–Crippen MR) is 62.1 cm³/mol. The summed E-state index contributed by atoms with van der Waals surface area (Å²) in [5.74, 6) is 1.27. The lowest BCUT2D eigenvalue weighted by Gasteiger charge is -2.40. The number of hydrogen-bond donors (Lipinski definition) is 0. The lowest BCUT2D eigenvalue weighted by Crippen LogP contribution is -2.53. The van der Waals surface area contributed by atoms with Gasteiger partial charge in [0.2, 0.25) is 5.91 Å². The molecule has 3 rings (SSSR count). The summed E-state index contributed by atoms with van der Waals surface area (Å²) < 4.78 is 1.85. The van der Waals surface area contributed by atoms with Crippen LogP contribution in [0.1, 0.15) is 25.7 Å². The van der Waals surface area contributed by atoms with E-state index >= 15 is 0 Å². The van der Waals surface area contributed by atoms with Crippen molar-refractivity contribution in [2.75, 3.05) is 13.1 Å². The van der Waals surface area contributed by atoms with Crippen LogP contribution in [0, 0.1) is 11.8 Å². The summed E-state index contributed by atoms with van der Waals surface area (Å²) in [6.45, 7) is 2.68. The molecule has 0 unspecified atom stereocenters. The van der Waals surface area contributed by atoms with Gasteiger partial charge in [-0.25, -0.2) is 0 Å². The molecule has 0 aromatic carbocycles. The molecule has 5 nitrogen and oxygen atoms in total. The van der Waals surface area contributed by atoms with E-state index in [1.54, 1.807) is 6.20 Å².